The van der Waals surface area contributed by atoms with Crippen molar-refractivity contribution in [3.05, 3.63) is 58.4 Å². The Labute approximate surface area is 130 Å². The lowest BCUT2D eigenvalue weighted by atomic mass is 10.1. The molecule has 0 unspecified atom stereocenters. The van der Waals surface area contributed by atoms with E-state index in [0.29, 0.717) is 5.92 Å². The fourth-order valence-electron chi connectivity index (χ4n) is 2.58. The molecule has 1 N–H and O–H groups in total. The minimum Gasteiger partial charge on any atom is -0.343 e. The Morgan fingerprint density at radius 2 is 2.05 bits per heavy atom. The topological polar surface area (TPSA) is 17.0 Å². The van der Waals surface area contributed by atoms with Crippen LogP contribution in [0.2, 0.25) is 0 Å². The van der Waals surface area contributed by atoms with Gasteiger partial charge >= 0.3 is 0 Å². The molecule has 21 heavy (non-hydrogen) atoms. The number of thiophene rings is 1. The van der Waals surface area contributed by atoms with Crippen molar-refractivity contribution in [2.24, 2.45) is 5.92 Å². The molecular formula is C18H22N2S. The van der Waals surface area contributed by atoms with Gasteiger partial charge in [-0.2, -0.15) is 11.3 Å². The summed E-state index contributed by atoms with van der Waals surface area (Å²) in [4.78, 5) is 0. The Balaban J connectivity index is 1.74. The summed E-state index contributed by atoms with van der Waals surface area (Å²) < 4.78 is 2.32. The quantitative estimate of drug-likeness (QED) is 0.709. The third-order valence-corrected chi connectivity index (χ3v) is 4.38. The van der Waals surface area contributed by atoms with Crippen molar-refractivity contribution in [3.8, 4) is 0 Å². The van der Waals surface area contributed by atoms with E-state index in [1.807, 2.05) is 0 Å². The van der Waals surface area contributed by atoms with Crippen LogP contribution in [0.5, 0.6) is 0 Å². The first-order valence-corrected chi connectivity index (χ1v) is 8.46. The second-order valence-electron chi connectivity index (χ2n) is 5.99. The van der Waals surface area contributed by atoms with Crippen LogP contribution in [0.15, 0.2) is 47.3 Å². The Bertz CT molecular complexity index is 695. The first-order valence-electron chi connectivity index (χ1n) is 7.52. The van der Waals surface area contributed by atoms with Gasteiger partial charge in [-0.3, -0.25) is 0 Å². The average Bonchev–Trinajstić information content (AvgIpc) is 3.09. The molecule has 3 rings (SSSR count). The Kier molecular flexibility index (Phi) is 4.42. The third kappa shape index (κ3) is 3.55. The maximum atomic E-state index is 3.50. The zero-order valence-corrected chi connectivity index (χ0v) is 13.5. The van der Waals surface area contributed by atoms with Crippen LogP contribution < -0.4 is 5.32 Å². The molecule has 0 bridgehead atoms. The van der Waals surface area contributed by atoms with Crippen LogP contribution in [0.25, 0.3) is 10.9 Å². The van der Waals surface area contributed by atoms with Crippen LogP contribution in [0.3, 0.4) is 0 Å². The van der Waals surface area contributed by atoms with Crippen molar-refractivity contribution in [2.45, 2.75) is 26.9 Å². The molecule has 0 aliphatic carbocycles. The van der Waals surface area contributed by atoms with Gasteiger partial charge in [0.2, 0.25) is 0 Å². The van der Waals surface area contributed by atoms with Crippen molar-refractivity contribution < 1.29 is 0 Å². The summed E-state index contributed by atoms with van der Waals surface area (Å²) in [5.74, 6) is 0.695. The first-order chi connectivity index (χ1) is 10.2. The minimum absolute atomic E-state index is 0.695. The van der Waals surface area contributed by atoms with E-state index >= 15 is 0 Å². The van der Waals surface area contributed by atoms with Crippen LogP contribution in [0.1, 0.15) is 25.0 Å². The van der Waals surface area contributed by atoms with Gasteiger partial charge in [0.05, 0.1) is 0 Å². The molecule has 0 amide bonds. The van der Waals surface area contributed by atoms with Crippen molar-refractivity contribution in [2.75, 3.05) is 6.54 Å². The number of aromatic nitrogens is 1. The maximum absolute atomic E-state index is 3.50. The lowest BCUT2D eigenvalue weighted by Gasteiger charge is -2.08. The van der Waals surface area contributed by atoms with Crippen LogP contribution in [0, 0.1) is 5.92 Å². The van der Waals surface area contributed by atoms with E-state index in [1.165, 1.54) is 22.0 Å². The van der Waals surface area contributed by atoms with Crippen LogP contribution in [-0.2, 0) is 13.1 Å². The molecule has 2 heterocycles. The lowest BCUT2D eigenvalue weighted by Crippen LogP contribution is -2.18. The molecule has 1 aromatic carbocycles. The number of hydrogen-bond donors (Lipinski definition) is 1. The molecule has 2 aromatic heterocycles. The molecule has 0 aliphatic rings. The van der Waals surface area contributed by atoms with Gasteiger partial charge in [0.25, 0.3) is 0 Å². The smallest absolute Gasteiger partial charge is 0.0484 e. The van der Waals surface area contributed by atoms with Crippen molar-refractivity contribution in [1.82, 2.24) is 9.88 Å². The molecule has 0 saturated heterocycles. The Hall–Kier alpha value is -1.58. The normalized spacial score (nSPS) is 11.6. The van der Waals surface area contributed by atoms with E-state index in [4.69, 9.17) is 0 Å². The summed E-state index contributed by atoms with van der Waals surface area (Å²) in [6.45, 7) is 7.44. The summed E-state index contributed by atoms with van der Waals surface area (Å²) in [6, 6.07) is 11.2. The van der Waals surface area contributed by atoms with Gasteiger partial charge in [0.15, 0.2) is 0 Å². The second-order valence-corrected chi connectivity index (χ2v) is 6.77. The van der Waals surface area contributed by atoms with Crippen molar-refractivity contribution >= 4 is 22.2 Å². The summed E-state index contributed by atoms with van der Waals surface area (Å²) >= 11 is 1.76. The number of hydrogen-bond acceptors (Lipinski definition) is 2. The standard InChI is InChI=1S/C18H22N2S/c1-14(2)10-19-11-15-3-4-18-17(9-15)5-7-20(18)12-16-6-8-21-13-16/h3-9,13-14,19H,10-12H2,1-2H3. The van der Waals surface area contributed by atoms with E-state index in [1.54, 1.807) is 11.3 Å². The molecule has 2 nitrogen and oxygen atoms in total. The summed E-state index contributed by atoms with van der Waals surface area (Å²) in [7, 11) is 0. The Morgan fingerprint density at radius 3 is 2.81 bits per heavy atom. The van der Waals surface area contributed by atoms with Crippen LogP contribution in [-0.4, -0.2) is 11.1 Å². The van der Waals surface area contributed by atoms with E-state index in [0.717, 1.165) is 19.6 Å². The minimum atomic E-state index is 0.695. The summed E-state index contributed by atoms with van der Waals surface area (Å²) in [5, 5.41) is 9.19. The third-order valence-electron chi connectivity index (χ3n) is 3.65. The zero-order chi connectivity index (χ0) is 14.7. The predicted molar refractivity (Wildman–Crippen MR) is 91.9 cm³/mol. The maximum Gasteiger partial charge on any atom is 0.0484 e. The van der Waals surface area contributed by atoms with Gasteiger partial charge < -0.3 is 9.88 Å². The number of fused-ring (bicyclic) bond motifs is 1. The Morgan fingerprint density at radius 1 is 1.14 bits per heavy atom. The highest BCUT2D eigenvalue weighted by molar-refractivity contribution is 7.07. The van der Waals surface area contributed by atoms with E-state index in [9.17, 15) is 0 Å². The van der Waals surface area contributed by atoms with Gasteiger partial charge in [-0.15, -0.1) is 0 Å². The molecule has 0 atom stereocenters. The van der Waals surface area contributed by atoms with Gasteiger partial charge in [-0.25, -0.2) is 0 Å². The molecule has 110 valence electrons. The van der Waals surface area contributed by atoms with E-state index < -0.39 is 0 Å². The van der Waals surface area contributed by atoms with E-state index in [-0.39, 0.29) is 0 Å². The number of rotatable bonds is 6. The van der Waals surface area contributed by atoms with Gasteiger partial charge in [0.1, 0.15) is 0 Å². The number of nitrogens with zero attached hydrogens (tertiary/aromatic N) is 1. The fourth-order valence-corrected chi connectivity index (χ4v) is 3.24. The SMILES string of the molecule is CC(C)CNCc1ccc2c(ccn2Cc2ccsc2)c1. The lowest BCUT2D eigenvalue weighted by molar-refractivity contribution is 0.552. The molecule has 3 heteroatoms. The molecule has 0 spiro atoms. The highest BCUT2D eigenvalue weighted by Gasteiger charge is 2.04. The molecule has 3 aromatic rings. The zero-order valence-electron chi connectivity index (χ0n) is 12.7. The first kappa shape index (κ1) is 14.4. The monoisotopic (exact) mass is 298 g/mol. The highest BCUT2D eigenvalue weighted by Crippen LogP contribution is 2.20. The number of benzene rings is 1. The molecule has 0 radical (unpaired) electrons. The van der Waals surface area contributed by atoms with E-state index in [2.05, 4.69) is 71.0 Å². The second kappa shape index (κ2) is 6.46. The highest BCUT2D eigenvalue weighted by atomic mass is 32.1. The van der Waals surface area contributed by atoms with Crippen molar-refractivity contribution in [1.29, 1.82) is 0 Å². The average molecular weight is 298 g/mol. The fraction of sp³-hybridized carbons (Fsp3) is 0.333. The molecule has 0 fully saturated rings. The van der Waals surface area contributed by atoms with Gasteiger partial charge in [-0.05, 0) is 64.0 Å². The molecule has 0 aliphatic heterocycles. The van der Waals surface area contributed by atoms with Crippen molar-refractivity contribution in [3.63, 3.8) is 0 Å². The van der Waals surface area contributed by atoms with Crippen LogP contribution >= 0.6 is 11.3 Å². The predicted octanol–water partition coefficient (Wildman–Crippen LogP) is 4.50. The summed E-state index contributed by atoms with van der Waals surface area (Å²) in [5.41, 5.74) is 4.05. The molecule has 0 saturated carbocycles. The molecular weight excluding hydrogens is 276 g/mol. The number of nitrogens with one attached hydrogen (secondary N) is 1. The van der Waals surface area contributed by atoms with Crippen LogP contribution in [0.4, 0.5) is 0 Å². The van der Waals surface area contributed by atoms with Gasteiger partial charge in [-0.1, -0.05) is 19.9 Å². The van der Waals surface area contributed by atoms with Gasteiger partial charge in [0, 0.05) is 24.8 Å². The largest absolute Gasteiger partial charge is 0.343 e. The summed E-state index contributed by atoms with van der Waals surface area (Å²) in [6.07, 6.45) is 2.19.